The van der Waals surface area contributed by atoms with Crippen LogP contribution >= 0.6 is 0 Å². The quantitative estimate of drug-likeness (QED) is 0.794. The summed E-state index contributed by atoms with van der Waals surface area (Å²) in [6.07, 6.45) is 3.98. The Morgan fingerprint density at radius 3 is 2.82 bits per heavy atom. The number of aryl methyl sites for hydroxylation is 1. The molecule has 0 spiro atoms. The number of hydrogen-bond donors (Lipinski definition) is 0. The Labute approximate surface area is 104 Å². The molecule has 1 saturated heterocycles. The van der Waals surface area contributed by atoms with Gasteiger partial charge in [0.2, 0.25) is 0 Å². The van der Waals surface area contributed by atoms with Crippen molar-refractivity contribution in [3.05, 3.63) is 18.1 Å². The Kier molecular flexibility index (Phi) is 3.62. The minimum Gasteiger partial charge on any atom is -0.352 e. The minimum atomic E-state index is 0.518. The summed E-state index contributed by atoms with van der Waals surface area (Å²) in [7, 11) is 4.31. The molecule has 2 heterocycles. The molecule has 1 aromatic heterocycles. The van der Waals surface area contributed by atoms with Crippen LogP contribution in [0.2, 0.25) is 0 Å². The smallest absolute Gasteiger partial charge is 0.132 e. The highest BCUT2D eigenvalue weighted by Crippen LogP contribution is 2.25. The van der Waals surface area contributed by atoms with Gasteiger partial charge in [-0.05, 0) is 33.5 Å². The molecule has 2 rings (SSSR count). The molecule has 1 aliphatic heterocycles. The second-order valence-electron chi connectivity index (χ2n) is 4.94. The van der Waals surface area contributed by atoms with Gasteiger partial charge < -0.3 is 9.80 Å². The molecule has 0 amide bonds. The van der Waals surface area contributed by atoms with Crippen LogP contribution in [0.1, 0.15) is 26.1 Å². The number of hydrogen-bond acceptors (Lipinski definition) is 4. The maximum atomic E-state index is 4.61. The SMILES string of the molecule is CCc1nccc(N2CCC(N(C)C)C2C)n1. The summed E-state index contributed by atoms with van der Waals surface area (Å²) in [6, 6.07) is 3.16. The molecule has 17 heavy (non-hydrogen) atoms. The molecule has 2 atom stereocenters. The summed E-state index contributed by atoms with van der Waals surface area (Å²) in [5.74, 6) is 2.01. The summed E-state index contributed by atoms with van der Waals surface area (Å²) >= 11 is 0. The van der Waals surface area contributed by atoms with E-state index in [0.29, 0.717) is 12.1 Å². The second-order valence-corrected chi connectivity index (χ2v) is 4.94. The van der Waals surface area contributed by atoms with E-state index in [0.717, 1.165) is 24.6 Å². The monoisotopic (exact) mass is 234 g/mol. The first-order chi connectivity index (χ1) is 8.13. The van der Waals surface area contributed by atoms with Crippen LogP contribution in [0.5, 0.6) is 0 Å². The normalized spacial score (nSPS) is 24.6. The number of likely N-dealkylation sites (N-methyl/N-ethyl adjacent to an activating group) is 1. The Morgan fingerprint density at radius 2 is 2.24 bits per heavy atom. The van der Waals surface area contributed by atoms with E-state index in [4.69, 9.17) is 0 Å². The third-order valence-corrected chi connectivity index (χ3v) is 3.68. The summed E-state index contributed by atoms with van der Waals surface area (Å²) in [5, 5.41) is 0. The molecule has 0 aromatic carbocycles. The minimum absolute atomic E-state index is 0.518. The molecule has 94 valence electrons. The zero-order chi connectivity index (χ0) is 12.4. The molecule has 0 radical (unpaired) electrons. The van der Waals surface area contributed by atoms with Crippen LogP contribution in [0.25, 0.3) is 0 Å². The van der Waals surface area contributed by atoms with Gasteiger partial charge in [0, 0.05) is 31.2 Å². The molecular formula is C13H22N4. The lowest BCUT2D eigenvalue weighted by molar-refractivity contribution is 0.282. The van der Waals surface area contributed by atoms with E-state index in [1.165, 1.54) is 6.42 Å². The van der Waals surface area contributed by atoms with Gasteiger partial charge in [0.1, 0.15) is 11.6 Å². The summed E-state index contributed by atoms with van der Waals surface area (Å²) in [6.45, 7) is 5.46. The average Bonchev–Trinajstić information content (AvgIpc) is 2.71. The Bertz CT molecular complexity index is 377. The fourth-order valence-electron chi connectivity index (χ4n) is 2.66. The molecule has 4 nitrogen and oxygen atoms in total. The Morgan fingerprint density at radius 1 is 1.47 bits per heavy atom. The van der Waals surface area contributed by atoms with Crippen LogP contribution < -0.4 is 4.90 Å². The molecule has 1 aromatic rings. The number of aromatic nitrogens is 2. The van der Waals surface area contributed by atoms with Gasteiger partial charge in [-0.15, -0.1) is 0 Å². The molecule has 1 aliphatic rings. The lowest BCUT2D eigenvalue weighted by atomic mass is 10.1. The summed E-state index contributed by atoms with van der Waals surface area (Å²) in [5.41, 5.74) is 0. The standard InChI is InChI=1S/C13H22N4/c1-5-12-14-8-6-13(15-12)17-9-7-11(10(17)2)16(3)4/h6,8,10-11H,5,7,9H2,1-4H3. The van der Waals surface area contributed by atoms with Crippen molar-refractivity contribution < 1.29 is 0 Å². The third-order valence-electron chi connectivity index (χ3n) is 3.68. The Hall–Kier alpha value is -1.16. The predicted octanol–water partition coefficient (Wildman–Crippen LogP) is 1.57. The molecule has 0 N–H and O–H groups in total. The Balaban J connectivity index is 2.18. The lowest BCUT2D eigenvalue weighted by Crippen LogP contribution is -2.40. The maximum Gasteiger partial charge on any atom is 0.132 e. The van der Waals surface area contributed by atoms with Gasteiger partial charge in [-0.3, -0.25) is 0 Å². The maximum absolute atomic E-state index is 4.61. The van der Waals surface area contributed by atoms with Crippen LogP contribution in [0, 0.1) is 0 Å². The van der Waals surface area contributed by atoms with Crippen molar-refractivity contribution in [2.75, 3.05) is 25.5 Å². The van der Waals surface area contributed by atoms with Crippen molar-refractivity contribution in [1.82, 2.24) is 14.9 Å². The summed E-state index contributed by atoms with van der Waals surface area (Å²) in [4.78, 5) is 13.6. The largest absolute Gasteiger partial charge is 0.352 e. The fourth-order valence-corrected chi connectivity index (χ4v) is 2.66. The van der Waals surface area contributed by atoms with Crippen LogP contribution in [0.15, 0.2) is 12.3 Å². The van der Waals surface area contributed by atoms with E-state index >= 15 is 0 Å². The lowest BCUT2D eigenvalue weighted by Gasteiger charge is -2.29. The van der Waals surface area contributed by atoms with E-state index in [1.807, 2.05) is 12.3 Å². The van der Waals surface area contributed by atoms with Gasteiger partial charge in [-0.25, -0.2) is 9.97 Å². The highest BCUT2D eigenvalue weighted by atomic mass is 15.3. The first-order valence-electron chi connectivity index (χ1n) is 6.38. The van der Waals surface area contributed by atoms with Crippen molar-refractivity contribution in [3.63, 3.8) is 0 Å². The van der Waals surface area contributed by atoms with Crippen molar-refractivity contribution in [1.29, 1.82) is 0 Å². The van der Waals surface area contributed by atoms with Gasteiger partial charge in [-0.2, -0.15) is 0 Å². The first kappa shape index (κ1) is 12.3. The molecule has 0 bridgehead atoms. The van der Waals surface area contributed by atoms with Crippen LogP contribution in [0.4, 0.5) is 5.82 Å². The fraction of sp³-hybridized carbons (Fsp3) is 0.692. The van der Waals surface area contributed by atoms with Gasteiger partial charge in [0.05, 0.1) is 0 Å². The number of rotatable bonds is 3. The van der Waals surface area contributed by atoms with Crippen LogP contribution in [0.3, 0.4) is 0 Å². The van der Waals surface area contributed by atoms with E-state index in [9.17, 15) is 0 Å². The molecule has 0 saturated carbocycles. The summed E-state index contributed by atoms with van der Waals surface area (Å²) < 4.78 is 0. The predicted molar refractivity (Wildman–Crippen MR) is 70.3 cm³/mol. The highest BCUT2D eigenvalue weighted by molar-refractivity contribution is 5.41. The van der Waals surface area contributed by atoms with E-state index in [2.05, 4.69) is 47.7 Å². The molecule has 0 aliphatic carbocycles. The third kappa shape index (κ3) is 2.41. The average molecular weight is 234 g/mol. The van der Waals surface area contributed by atoms with E-state index < -0.39 is 0 Å². The second kappa shape index (κ2) is 5.00. The van der Waals surface area contributed by atoms with Gasteiger partial charge in [0.25, 0.3) is 0 Å². The molecule has 2 unspecified atom stereocenters. The van der Waals surface area contributed by atoms with E-state index in [-0.39, 0.29) is 0 Å². The molecule has 4 heteroatoms. The highest BCUT2D eigenvalue weighted by Gasteiger charge is 2.32. The van der Waals surface area contributed by atoms with Crippen molar-refractivity contribution >= 4 is 5.82 Å². The topological polar surface area (TPSA) is 32.3 Å². The van der Waals surface area contributed by atoms with Crippen molar-refractivity contribution in [3.8, 4) is 0 Å². The van der Waals surface area contributed by atoms with Crippen molar-refractivity contribution in [2.45, 2.75) is 38.8 Å². The van der Waals surface area contributed by atoms with Crippen LogP contribution in [-0.4, -0.2) is 47.6 Å². The molecular weight excluding hydrogens is 212 g/mol. The van der Waals surface area contributed by atoms with Crippen molar-refractivity contribution in [2.24, 2.45) is 0 Å². The van der Waals surface area contributed by atoms with Gasteiger partial charge >= 0.3 is 0 Å². The van der Waals surface area contributed by atoms with Crippen LogP contribution in [-0.2, 0) is 6.42 Å². The zero-order valence-corrected chi connectivity index (χ0v) is 11.2. The zero-order valence-electron chi connectivity index (χ0n) is 11.2. The van der Waals surface area contributed by atoms with Gasteiger partial charge in [-0.1, -0.05) is 6.92 Å². The number of anilines is 1. The molecule has 1 fully saturated rings. The van der Waals surface area contributed by atoms with Gasteiger partial charge in [0.15, 0.2) is 0 Å². The number of nitrogens with zero attached hydrogens (tertiary/aromatic N) is 4. The first-order valence-corrected chi connectivity index (χ1v) is 6.38. The van der Waals surface area contributed by atoms with E-state index in [1.54, 1.807) is 0 Å².